The van der Waals surface area contributed by atoms with Crippen LogP contribution in [-0.2, 0) is 11.2 Å². The Labute approximate surface area is 134 Å². The number of ether oxygens (including phenoxy) is 1. The van der Waals surface area contributed by atoms with Crippen molar-refractivity contribution in [1.29, 1.82) is 0 Å². The van der Waals surface area contributed by atoms with Crippen LogP contribution in [0.2, 0.25) is 0 Å². The van der Waals surface area contributed by atoms with Crippen molar-refractivity contribution in [3.63, 3.8) is 0 Å². The van der Waals surface area contributed by atoms with E-state index >= 15 is 0 Å². The topological polar surface area (TPSA) is 29.5 Å². The molecule has 0 bridgehead atoms. The van der Waals surface area contributed by atoms with E-state index in [0.717, 1.165) is 38.8 Å². The van der Waals surface area contributed by atoms with E-state index in [0.29, 0.717) is 5.41 Å². The first-order valence-electron chi connectivity index (χ1n) is 8.35. The third-order valence-electron chi connectivity index (χ3n) is 4.65. The first kappa shape index (κ1) is 16.9. The Balaban J connectivity index is 1.95. The van der Waals surface area contributed by atoms with Crippen LogP contribution in [0.4, 0.5) is 4.79 Å². The highest BCUT2D eigenvalue weighted by molar-refractivity contribution is 5.68. The molecule has 1 aliphatic rings. The van der Waals surface area contributed by atoms with E-state index < -0.39 is 5.60 Å². The molecule has 1 amide bonds. The van der Waals surface area contributed by atoms with Crippen LogP contribution in [-0.4, -0.2) is 29.7 Å². The molecule has 2 rings (SSSR count). The summed E-state index contributed by atoms with van der Waals surface area (Å²) in [6.07, 6.45) is 4.20. The van der Waals surface area contributed by atoms with Crippen molar-refractivity contribution in [2.24, 2.45) is 5.41 Å². The van der Waals surface area contributed by atoms with Gasteiger partial charge in [-0.25, -0.2) is 4.79 Å². The fourth-order valence-corrected chi connectivity index (χ4v) is 3.17. The number of benzene rings is 1. The quantitative estimate of drug-likeness (QED) is 0.813. The molecule has 1 heterocycles. The standard InChI is InChI=1S/C19H29NO2/c1-5-19(15-16-9-7-6-8-10-16)11-13-20(14-12-19)17(21)22-18(2,3)4/h6-10H,5,11-15H2,1-4H3. The lowest BCUT2D eigenvalue weighted by Gasteiger charge is -2.41. The van der Waals surface area contributed by atoms with Crippen LogP contribution in [0.1, 0.15) is 52.5 Å². The minimum atomic E-state index is -0.416. The summed E-state index contributed by atoms with van der Waals surface area (Å²) in [5.74, 6) is 0. The predicted molar refractivity (Wildman–Crippen MR) is 89.9 cm³/mol. The minimum Gasteiger partial charge on any atom is -0.444 e. The zero-order valence-corrected chi connectivity index (χ0v) is 14.4. The number of nitrogens with zero attached hydrogens (tertiary/aromatic N) is 1. The lowest BCUT2D eigenvalue weighted by atomic mass is 9.72. The smallest absolute Gasteiger partial charge is 0.410 e. The number of amides is 1. The normalized spacial score (nSPS) is 18.1. The van der Waals surface area contributed by atoms with Crippen LogP contribution in [0.3, 0.4) is 0 Å². The van der Waals surface area contributed by atoms with Gasteiger partial charge in [-0.3, -0.25) is 0 Å². The number of hydrogen-bond donors (Lipinski definition) is 0. The van der Waals surface area contributed by atoms with Gasteiger partial charge in [0, 0.05) is 13.1 Å². The van der Waals surface area contributed by atoms with E-state index in [2.05, 4.69) is 37.3 Å². The van der Waals surface area contributed by atoms with Crippen molar-refractivity contribution in [3.05, 3.63) is 35.9 Å². The third kappa shape index (κ3) is 4.49. The van der Waals surface area contributed by atoms with Crippen LogP contribution in [0.15, 0.2) is 30.3 Å². The van der Waals surface area contributed by atoms with Crippen LogP contribution in [0.5, 0.6) is 0 Å². The molecule has 1 aromatic carbocycles. The first-order chi connectivity index (χ1) is 10.3. The van der Waals surface area contributed by atoms with Crippen LogP contribution >= 0.6 is 0 Å². The Morgan fingerprint density at radius 3 is 2.27 bits per heavy atom. The van der Waals surface area contributed by atoms with Crippen LogP contribution < -0.4 is 0 Å². The maximum atomic E-state index is 12.2. The number of carbonyl (C=O) groups excluding carboxylic acids is 1. The van der Waals surface area contributed by atoms with Crippen molar-refractivity contribution in [1.82, 2.24) is 4.90 Å². The Morgan fingerprint density at radius 1 is 1.18 bits per heavy atom. The van der Waals surface area contributed by atoms with Gasteiger partial charge in [-0.1, -0.05) is 43.7 Å². The molecule has 0 radical (unpaired) electrons. The molecule has 0 atom stereocenters. The second-order valence-corrected chi connectivity index (χ2v) is 7.48. The predicted octanol–water partition coefficient (Wildman–Crippen LogP) is 4.66. The maximum absolute atomic E-state index is 12.2. The molecule has 1 aromatic rings. The third-order valence-corrected chi connectivity index (χ3v) is 4.65. The maximum Gasteiger partial charge on any atom is 0.410 e. The van der Waals surface area contributed by atoms with Crippen molar-refractivity contribution >= 4 is 6.09 Å². The Kier molecular flexibility index (Phi) is 5.15. The van der Waals surface area contributed by atoms with Crippen molar-refractivity contribution in [2.45, 2.75) is 59.0 Å². The average Bonchev–Trinajstić information content (AvgIpc) is 2.47. The van der Waals surface area contributed by atoms with Crippen LogP contribution in [0, 0.1) is 5.41 Å². The summed E-state index contributed by atoms with van der Waals surface area (Å²) < 4.78 is 5.48. The highest BCUT2D eigenvalue weighted by Gasteiger charge is 2.35. The van der Waals surface area contributed by atoms with Gasteiger partial charge in [-0.05, 0) is 51.0 Å². The van der Waals surface area contributed by atoms with Crippen molar-refractivity contribution < 1.29 is 9.53 Å². The van der Waals surface area contributed by atoms with Crippen molar-refractivity contribution in [3.8, 4) is 0 Å². The van der Waals surface area contributed by atoms with Gasteiger partial charge >= 0.3 is 6.09 Å². The fraction of sp³-hybridized carbons (Fsp3) is 0.632. The molecule has 1 aliphatic heterocycles. The first-order valence-corrected chi connectivity index (χ1v) is 8.35. The summed E-state index contributed by atoms with van der Waals surface area (Å²) in [6.45, 7) is 9.62. The van der Waals surface area contributed by atoms with E-state index in [9.17, 15) is 4.79 Å². The Hall–Kier alpha value is -1.51. The van der Waals surface area contributed by atoms with Gasteiger partial charge in [0.2, 0.25) is 0 Å². The molecule has 1 fully saturated rings. The second kappa shape index (κ2) is 6.72. The number of rotatable bonds is 3. The summed E-state index contributed by atoms with van der Waals surface area (Å²) in [7, 11) is 0. The van der Waals surface area contributed by atoms with Gasteiger partial charge in [-0.2, -0.15) is 0 Å². The molecule has 0 N–H and O–H groups in total. The lowest BCUT2D eigenvalue weighted by Crippen LogP contribution is -2.45. The van der Waals surface area contributed by atoms with Gasteiger partial charge in [0.05, 0.1) is 0 Å². The molecule has 0 aromatic heterocycles. The number of piperidine rings is 1. The molecule has 0 spiro atoms. The molecule has 22 heavy (non-hydrogen) atoms. The van der Waals surface area contributed by atoms with Crippen molar-refractivity contribution in [2.75, 3.05) is 13.1 Å². The van der Waals surface area contributed by atoms with Crippen LogP contribution in [0.25, 0.3) is 0 Å². The molecule has 0 saturated carbocycles. The number of hydrogen-bond acceptors (Lipinski definition) is 2. The summed E-state index contributed by atoms with van der Waals surface area (Å²) in [6, 6.07) is 10.7. The summed E-state index contributed by atoms with van der Waals surface area (Å²) in [5, 5.41) is 0. The monoisotopic (exact) mass is 303 g/mol. The molecule has 0 aliphatic carbocycles. The highest BCUT2D eigenvalue weighted by Crippen LogP contribution is 2.38. The summed E-state index contributed by atoms with van der Waals surface area (Å²) in [5.41, 5.74) is 1.30. The van der Waals surface area contributed by atoms with Gasteiger partial charge in [-0.15, -0.1) is 0 Å². The van der Waals surface area contributed by atoms with Gasteiger partial charge < -0.3 is 9.64 Å². The van der Waals surface area contributed by atoms with E-state index in [4.69, 9.17) is 4.74 Å². The number of likely N-dealkylation sites (tertiary alicyclic amines) is 1. The molecular formula is C19H29NO2. The molecule has 0 unspecified atom stereocenters. The second-order valence-electron chi connectivity index (χ2n) is 7.48. The van der Waals surface area contributed by atoms with E-state index in [1.807, 2.05) is 25.7 Å². The lowest BCUT2D eigenvalue weighted by molar-refractivity contribution is 0.00944. The Bertz CT molecular complexity index is 482. The minimum absolute atomic E-state index is 0.170. The van der Waals surface area contributed by atoms with E-state index in [1.165, 1.54) is 5.56 Å². The summed E-state index contributed by atoms with van der Waals surface area (Å²) >= 11 is 0. The molecule has 3 heteroatoms. The molecule has 1 saturated heterocycles. The molecular weight excluding hydrogens is 274 g/mol. The highest BCUT2D eigenvalue weighted by atomic mass is 16.6. The molecule has 3 nitrogen and oxygen atoms in total. The fourth-order valence-electron chi connectivity index (χ4n) is 3.17. The number of carbonyl (C=O) groups is 1. The SMILES string of the molecule is CCC1(Cc2ccccc2)CCN(C(=O)OC(C)(C)C)CC1. The van der Waals surface area contributed by atoms with Gasteiger partial charge in [0.25, 0.3) is 0 Å². The average molecular weight is 303 g/mol. The summed E-state index contributed by atoms with van der Waals surface area (Å²) in [4.78, 5) is 14.0. The van der Waals surface area contributed by atoms with Gasteiger partial charge in [0.1, 0.15) is 5.60 Å². The zero-order chi connectivity index (χ0) is 16.2. The largest absolute Gasteiger partial charge is 0.444 e. The Morgan fingerprint density at radius 2 is 1.77 bits per heavy atom. The zero-order valence-electron chi connectivity index (χ0n) is 14.4. The van der Waals surface area contributed by atoms with E-state index in [-0.39, 0.29) is 6.09 Å². The molecule has 122 valence electrons. The van der Waals surface area contributed by atoms with Gasteiger partial charge in [0.15, 0.2) is 0 Å². The van der Waals surface area contributed by atoms with E-state index in [1.54, 1.807) is 0 Å².